The molecule has 0 aromatic carbocycles. The minimum absolute atomic E-state index is 0.0426. The third-order valence-corrected chi connectivity index (χ3v) is 3.87. The van der Waals surface area contributed by atoms with Crippen molar-refractivity contribution in [3.05, 3.63) is 24.3 Å². The largest absolute Gasteiger partial charge is 0.373 e. The Balaban J connectivity index is 1.72. The van der Waals surface area contributed by atoms with Crippen LogP contribution in [0.15, 0.2) is 18.6 Å². The van der Waals surface area contributed by atoms with E-state index in [1.165, 1.54) is 19.4 Å². The Bertz CT molecular complexity index is 387. The van der Waals surface area contributed by atoms with E-state index in [4.69, 9.17) is 10.6 Å². The lowest BCUT2D eigenvalue weighted by molar-refractivity contribution is -0.0659. The number of hydrogen-bond donors (Lipinski definition) is 2. The van der Waals surface area contributed by atoms with Gasteiger partial charge in [-0.25, -0.2) is 5.43 Å². The van der Waals surface area contributed by atoms with E-state index in [1.54, 1.807) is 18.6 Å². The zero-order valence-corrected chi connectivity index (χ0v) is 10.3. The Morgan fingerprint density at radius 2 is 2.44 bits per heavy atom. The van der Waals surface area contributed by atoms with Crippen molar-refractivity contribution in [2.45, 2.75) is 31.0 Å². The molecule has 0 radical (unpaired) electrons. The molecule has 3 unspecified atom stereocenters. The van der Waals surface area contributed by atoms with Crippen molar-refractivity contribution >= 4 is 0 Å². The van der Waals surface area contributed by atoms with Gasteiger partial charge in [0.05, 0.1) is 30.6 Å². The van der Waals surface area contributed by atoms with Crippen LogP contribution in [0.25, 0.3) is 0 Å². The highest BCUT2D eigenvalue weighted by Crippen LogP contribution is 2.27. The van der Waals surface area contributed by atoms with E-state index in [1.807, 2.05) is 0 Å². The summed E-state index contributed by atoms with van der Waals surface area (Å²) >= 11 is 0. The fourth-order valence-electron chi connectivity index (χ4n) is 2.90. The first-order chi connectivity index (χ1) is 8.88. The number of hydrogen-bond acceptors (Lipinski definition) is 6. The summed E-state index contributed by atoms with van der Waals surface area (Å²) in [7, 11) is 0. The minimum Gasteiger partial charge on any atom is -0.373 e. The Morgan fingerprint density at radius 3 is 3.22 bits per heavy atom. The van der Waals surface area contributed by atoms with Gasteiger partial charge in [-0.2, -0.15) is 0 Å². The third kappa shape index (κ3) is 2.24. The average molecular weight is 249 g/mol. The number of ether oxygens (including phenoxy) is 1. The van der Waals surface area contributed by atoms with Crippen LogP contribution in [-0.2, 0) is 4.74 Å². The monoisotopic (exact) mass is 249 g/mol. The van der Waals surface area contributed by atoms with Gasteiger partial charge in [-0.15, -0.1) is 0 Å². The predicted molar refractivity (Wildman–Crippen MR) is 66.4 cm³/mol. The molecular weight excluding hydrogens is 230 g/mol. The van der Waals surface area contributed by atoms with Crippen LogP contribution in [-0.4, -0.2) is 46.7 Å². The summed E-state index contributed by atoms with van der Waals surface area (Å²) < 4.78 is 5.95. The first-order valence-corrected chi connectivity index (χ1v) is 6.46. The van der Waals surface area contributed by atoms with Crippen LogP contribution in [0.2, 0.25) is 0 Å². The molecule has 2 aliphatic heterocycles. The molecule has 0 amide bonds. The molecule has 3 atom stereocenters. The molecule has 0 aliphatic carbocycles. The molecule has 2 aliphatic rings. The van der Waals surface area contributed by atoms with E-state index in [0.717, 1.165) is 18.8 Å². The van der Waals surface area contributed by atoms with E-state index >= 15 is 0 Å². The van der Waals surface area contributed by atoms with Crippen molar-refractivity contribution in [2.75, 3.05) is 19.7 Å². The molecule has 3 rings (SSSR count). The zero-order valence-electron chi connectivity index (χ0n) is 10.3. The molecule has 6 heteroatoms. The lowest BCUT2D eigenvalue weighted by atomic mass is 10.1. The molecule has 6 nitrogen and oxygen atoms in total. The second-order valence-electron chi connectivity index (χ2n) is 4.94. The van der Waals surface area contributed by atoms with Crippen molar-refractivity contribution in [3.63, 3.8) is 0 Å². The summed E-state index contributed by atoms with van der Waals surface area (Å²) in [5.41, 5.74) is 3.65. The molecule has 0 spiro atoms. The van der Waals surface area contributed by atoms with Crippen molar-refractivity contribution < 1.29 is 4.74 Å². The number of aromatic nitrogens is 2. The molecule has 2 saturated heterocycles. The maximum Gasteiger partial charge on any atom is 0.0926 e. The van der Waals surface area contributed by atoms with E-state index in [9.17, 15) is 0 Å². The normalized spacial score (nSPS) is 30.1. The summed E-state index contributed by atoms with van der Waals surface area (Å²) in [6.07, 6.45) is 7.65. The first kappa shape index (κ1) is 12.0. The molecule has 0 bridgehead atoms. The summed E-state index contributed by atoms with van der Waals surface area (Å²) in [4.78, 5) is 10.9. The number of rotatable bonds is 3. The Morgan fingerprint density at radius 1 is 1.50 bits per heavy atom. The second kappa shape index (κ2) is 5.27. The van der Waals surface area contributed by atoms with Gasteiger partial charge in [0.2, 0.25) is 0 Å². The van der Waals surface area contributed by atoms with Crippen LogP contribution in [0, 0.1) is 0 Å². The number of morpholine rings is 1. The smallest absolute Gasteiger partial charge is 0.0926 e. The van der Waals surface area contributed by atoms with Gasteiger partial charge in [-0.3, -0.25) is 20.7 Å². The summed E-state index contributed by atoms with van der Waals surface area (Å²) in [6.45, 7) is 2.88. The first-order valence-electron chi connectivity index (χ1n) is 6.46. The summed E-state index contributed by atoms with van der Waals surface area (Å²) in [6, 6.07) is 0.502. The minimum atomic E-state index is -0.0970. The third-order valence-electron chi connectivity index (χ3n) is 3.87. The second-order valence-corrected chi connectivity index (χ2v) is 4.94. The molecule has 1 aromatic heterocycles. The highest BCUT2D eigenvalue weighted by Gasteiger charge is 2.36. The maximum atomic E-state index is 5.95. The van der Waals surface area contributed by atoms with E-state index in [-0.39, 0.29) is 12.1 Å². The molecular formula is C12H19N5O. The quantitative estimate of drug-likeness (QED) is 0.573. The molecule has 3 heterocycles. The van der Waals surface area contributed by atoms with Crippen molar-refractivity contribution in [1.29, 1.82) is 0 Å². The van der Waals surface area contributed by atoms with E-state index in [0.29, 0.717) is 6.04 Å². The topological polar surface area (TPSA) is 76.3 Å². The van der Waals surface area contributed by atoms with Gasteiger partial charge in [0.1, 0.15) is 0 Å². The van der Waals surface area contributed by atoms with Crippen LogP contribution in [0.1, 0.15) is 24.6 Å². The van der Waals surface area contributed by atoms with Gasteiger partial charge in [-0.1, -0.05) is 0 Å². The number of nitrogens with two attached hydrogens (primary N) is 1. The Labute approximate surface area is 107 Å². The Hall–Kier alpha value is -1.08. The fourth-order valence-corrected chi connectivity index (χ4v) is 2.90. The van der Waals surface area contributed by atoms with Crippen molar-refractivity contribution in [1.82, 2.24) is 20.3 Å². The zero-order chi connectivity index (χ0) is 12.4. The SMILES string of the molecule is NNC(c1cnccn1)C1CN2CCCC2CO1. The number of hydrazine groups is 1. The van der Waals surface area contributed by atoms with Gasteiger partial charge >= 0.3 is 0 Å². The molecule has 0 saturated carbocycles. The molecule has 98 valence electrons. The van der Waals surface area contributed by atoms with Crippen LogP contribution >= 0.6 is 0 Å². The van der Waals surface area contributed by atoms with Gasteiger partial charge in [0, 0.05) is 25.0 Å². The average Bonchev–Trinajstić information content (AvgIpc) is 2.88. The van der Waals surface area contributed by atoms with Crippen molar-refractivity contribution in [3.8, 4) is 0 Å². The fraction of sp³-hybridized carbons (Fsp3) is 0.667. The lowest BCUT2D eigenvalue weighted by Gasteiger charge is -2.38. The summed E-state index contributed by atoms with van der Waals surface area (Å²) in [5.74, 6) is 5.66. The van der Waals surface area contributed by atoms with Gasteiger partial charge in [0.25, 0.3) is 0 Å². The van der Waals surface area contributed by atoms with E-state index in [2.05, 4.69) is 20.3 Å². The summed E-state index contributed by atoms with van der Waals surface area (Å²) in [5, 5.41) is 0. The van der Waals surface area contributed by atoms with Gasteiger partial charge in [0.15, 0.2) is 0 Å². The molecule has 3 N–H and O–H groups in total. The highest BCUT2D eigenvalue weighted by molar-refractivity contribution is 5.06. The number of fused-ring (bicyclic) bond motifs is 1. The van der Waals surface area contributed by atoms with Crippen molar-refractivity contribution in [2.24, 2.45) is 5.84 Å². The lowest BCUT2D eigenvalue weighted by Crippen LogP contribution is -2.51. The van der Waals surface area contributed by atoms with Crippen LogP contribution in [0.3, 0.4) is 0 Å². The maximum absolute atomic E-state index is 5.95. The number of nitrogens with zero attached hydrogens (tertiary/aromatic N) is 3. The van der Waals surface area contributed by atoms with Crippen LogP contribution in [0.4, 0.5) is 0 Å². The van der Waals surface area contributed by atoms with Crippen LogP contribution < -0.4 is 11.3 Å². The van der Waals surface area contributed by atoms with Crippen LogP contribution in [0.5, 0.6) is 0 Å². The molecule has 18 heavy (non-hydrogen) atoms. The molecule has 1 aromatic rings. The standard InChI is InChI=1S/C12H19N5O/c13-16-12(10-6-14-3-4-15-10)11-7-17-5-1-2-9(17)8-18-11/h3-4,6,9,11-12,16H,1-2,5,7-8,13H2. The predicted octanol–water partition coefficient (Wildman–Crippen LogP) is -0.156. The van der Waals surface area contributed by atoms with E-state index < -0.39 is 0 Å². The highest BCUT2D eigenvalue weighted by atomic mass is 16.5. The Kier molecular flexibility index (Phi) is 3.51. The molecule has 2 fully saturated rings. The number of nitrogens with one attached hydrogen (secondary N) is 1. The van der Waals surface area contributed by atoms with Gasteiger partial charge in [-0.05, 0) is 19.4 Å². The van der Waals surface area contributed by atoms with Gasteiger partial charge < -0.3 is 4.74 Å².